The maximum atomic E-state index is 11.3. The van der Waals surface area contributed by atoms with Gasteiger partial charge in [0.2, 0.25) is 0 Å². The second-order valence-corrected chi connectivity index (χ2v) is 6.54. The van der Waals surface area contributed by atoms with Gasteiger partial charge in [0.1, 0.15) is 5.75 Å². The fourth-order valence-electron chi connectivity index (χ4n) is 1.01. The average Bonchev–Trinajstić information content (AvgIpc) is 2.24. The number of hydrogen-bond acceptors (Lipinski definition) is 2. The molecule has 1 aromatic carbocycles. The number of hydrogen-bond donors (Lipinski definition) is 1. The summed E-state index contributed by atoms with van der Waals surface area (Å²) in [6, 6.07) is 4.00. The lowest BCUT2D eigenvalue weighted by Gasteiger charge is -2.10. The number of terminal acetylenes is 1. The summed E-state index contributed by atoms with van der Waals surface area (Å²) in [5.74, 6) is 2.86. The van der Waals surface area contributed by atoms with Crippen LogP contribution in [0.2, 0.25) is 0 Å². The van der Waals surface area contributed by atoms with Crippen molar-refractivity contribution in [3.05, 3.63) is 22.8 Å². The Morgan fingerprint density at radius 3 is 2.47 bits per heavy atom. The van der Waals surface area contributed by atoms with E-state index >= 15 is 0 Å². The summed E-state index contributed by atoms with van der Waals surface area (Å²) in [7, 11) is 0. The van der Waals surface area contributed by atoms with E-state index in [2.05, 4.69) is 79.0 Å². The maximum Gasteiger partial charge on any atom is 0.258 e. The van der Waals surface area contributed by atoms with E-state index in [-0.39, 0.29) is 19.1 Å². The molecule has 0 atom stereocenters. The molecule has 1 aromatic rings. The van der Waals surface area contributed by atoms with Gasteiger partial charge in [-0.2, -0.15) is 0 Å². The molecular weight excluding hydrogens is 559 g/mol. The fraction of sp³-hybridized carbons (Fsp3) is 0.182. The Morgan fingerprint density at radius 2 is 1.94 bits per heavy atom. The van der Waals surface area contributed by atoms with Crippen molar-refractivity contribution < 1.29 is 9.53 Å². The van der Waals surface area contributed by atoms with Crippen molar-refractivity contribution in [2.24, 2.45) is 0 Å². The molecule has 3 nitrogen and oxygen atoms in total. The molecule has 0 saturated heterocycles. The third-order valence-electron chi connectivity index (χ3n) is 1.70. The number of halogens is 3. The van der Waals surface area contributed by atoms with E-state index in [0.717, 1.165) is 16.5 Å². The Labute approximate surface area is 141 Å². The highest BCUT2D eigenvalue weighted by Gasteiger charge is 2.09. The fourth-order valence-corrected chi connectivity index (χ4v) is 4.90. The zero-order chi connectivity index (χ0) is 12.8. The Bertz CT molecular complexity index is 445. The molecule has 0 unspecified atom stereocenters. The first-order chi connectivity index (χ1) is 8.04. The van der Waals surface area contributed by atoms with E-state index in [1.54, 1.807) is 0 Å². The third kappa shape index (κ3) is 5.17. The summed E-state index contributed by atoms with van der Waals surface area (Å²) in [5.41, 5.74) is 0. The summed E-state index contributed by atoms with van der Waals surface area (Å²) < 4.78 is 8.60. The van der Waals surface area contributed by atoms with E-state index in [4.69, 9.17) is 11.2 Å². The summed E-state index contributed by atoms with van der Waals surface area (Å²) in [4.78, 5) is 11.3. The topological polar surface area (TPSA) is 38.3 Å². The van der Waals surface area contributed by atoms with Crippen molar-refractivity contribution in [3.63, 3.8) is 0 Å². The standard InChI is InChI=1S/C11H8I3NO2/c1-2-3-15-10(16)6-17-11-8(13)4-7(12)5-9(11)14/h1,4-5H,3,6H2,(H,15,16). The molecule has 0 aliphatic heterocycles. The molecule has 0 aliphatic carbocycles. The van der Waals surface area contributed by atoms with Crippen LogP contribution in [0, 0.1) is 23.1 Å². The molecule has 90 valence electrons. The van der Waals surface area contributed by atoms with Crippen LogP contribution in [0.5, 0.6) is 5.75 Å². The number of benzene rings is 1. The monoisotopic (exact) mass is 567 g/mol. The Morgan fingerprint density at radius 1 is 1.35 bits per heavy atom. The maximum absolute atomic E-state index is 11.3. The minimum Gasteiger partial charge on any atom is -0.482 e. The van der Waals surface area contributed by atoms with Crippen molar-refractivity contribution in [1.29, 1.82) is 0 Å². The second-order valence-electron chi connectivity index (χ2n) is 2.97. The molecule has 0 aliphatic rings. The number of carbonyl (C=O) groups excluding carboxylic acids is 1. The van der Waals surface area contributed by atoms with Gasteiger partial charge in [0.15, 0.2) is 6.61 Å². The van der Waals surface area contributed by atoms with Gasteiger partial charge in [-0.25, -0.2) is 0 Å². The van der Waals surface area contributed by atoms with Crippen LogP contribution in [0.3, 0.4) is 0 Å². The lowest BCUT2D eigenvalue weighted by molar-refractivity contribution is -0.122. The number of nitrogens with one attached hydrogen (secondary N) is 1. The zero-order valence-corrected chi connectivity index (χ0v) is 15.1. The van der Waals surface area contributed by atoms with Gasteiger partial charge in [-0.15, -0.1) is 6.42 Å². The molecule has 0 bridgehead atoms. The molecule has 0 saturated carbocycles. The molecular formula is C11H8I3NO2. The predicted octanol–water partition coefficient (Wildman–Crippen LogP) is 2.63. The highest BCUT2D eigenvalue weighted by Crippen LogP contribution is 2.29. The average molecular weight is 567 g/mol. The lowest BCUT2D eigenvalue weighted by atomic mass is 10.3. The molecule has 0 radical (unpaired) electrons. The first-order valence-corrected chi connectivity index (χ1v) is 7.75. The molecule has 6 heteroatoms. The van der Waals surface area contributed by atoms with Crippen LogP contribution in [-0.2, 0) is 4.79 Å². The summed E-state index contributed by atoms with van der Waals surface area (Å²) in [5, 5.41) is 2.55. The summed E-state index contributed by atoms with van der Waals surface area (Å²) in [6.07, 6.45) is 5.04. The third-order valence-corrected chi connectivity index (χ3v) is 3.92. The first kappa shape index (κ1) is 15.3. The van der Waals surface area contributed by atoms with Gasteiger partial charge in [0, 0.05) is 3.57 Å². The van der Waals surface area contributed by atoms with E-state index in [1.807, 2.05) is 12.1 Å². The van der Waals surface area contributed by atoms with Crippen LogP contribution >= 0.6 is 67.8 Å². The minimum absolute atomic E-state index is 0.0196. The van der Waals surface area contributed by atoms with Crippen molar-refractivity contribution in [1.82, 2.24) is 5.32 Å². The second kappa shape index (κ2) is 7.63. The number of carbonyl (C=O) groups is 1. The van der Waals surface area contributed by atoms with Crippen LogP contribution in [0.25, 0.3) is 0 Å². The van der Waals surface area contributed by atoms with Gasteiger partial charge in [-0.05, 0) is 79.9 Å². The molecule has 0 heterocycles. The van der Waals surface area contributed by atoms with Crippen LogP contribution in [0.15, 0.2) is 12.1 Å². The predicted molar refractivity (Wildman–Crippen MR) is 91.9 cm³/mol. The zero-order valence-electron chi connectivity index (χ0n) is 8.60. The quantitative estimate of drug-likeness (QED) is 0.450. The van der Waals surface area contributed by atoms with Crippen molar-refractivity contribution in [2.75, 3.05) is 13.2 Å². The van der Waals surface area contributed by atoms with Crippen molar-refractivity contribution >= 4 is 73.7 Å². The smallest absolute Gasteiger partial charge is 0.258 e. The van der Waals surface area contributed by atoms with Gasteiger partial charge in [-0.3, -0.25) is 4.79 Å². The Hall–Kier alpha value is 0.240. The highest BCUT2D eigenvalue weighted by atomic mass is 127. The van der Waals surface area contributed by atoms with E-state index in [0.29, 0.717) is 0 Å². The lowest BCUT2D eigenvalue weighted by Crippen LogP contribution is -2.29. The minimum atomic E-state index is -0.215. The molecule has 0 spiro atoms. The number of amides is 1. The molecule has 17 heavy (non-hydrogen) atoms. The summed E-state index contributed by atoms with van der Waals surface area (Å²) >= 11 is 6.62. The normalized spacial score (nSPS) is 9.53. The Kier molecular flexibility index (Phi) is 6.86. The molecule has 1 amide bonds. The molecule has 0 fully saturated rings. The first-order valence-electron chi connectivity index (χ1n) is 4.52. The van der Waals surface area contributed by atoms with Crippen molar-refractivity contribution in [2.45, 2.75) is 0 Å². The largest absolute Gasteiger partial charge is 0.482 e. The van der Waals surface area contributed by atoms with Crippen LogP contribution < -0.4 is 10.1 Å². The number of ether oxygens (including phenoxy) is 1. The molecule has 0 aromatic heterocycles. The Balaban J connectivity index is 2.64. The van der Waals surface area contributed by atoms with Crippen LogP contribution in [0.4, 0.5) is 0 Å². The molecule has 1 rings (SSSR count). The van der Waals surface area contributed by atoms with Gasteiger partial charge in [0.25, 0.3) is 5.91 Å². The SMILES string of the molecule is C#CCNC(=O)COc1c(I)cc(I)cc1I. The highest BCUT2D eigenvalue weighted by molar-refractivity contribution is 14.1. The van der Waals surface area contributed by atoms with Gasteiger partial charge in [-0.1, -0.05) is 5.92 Å². The van der Waals surface area contributed by atoms with E-state index < -0.39 is 0 Å². The summed E-state index contributed by atoms with van der Waals surface area (Å²) in [6.45, 7) is 0.206. The van der Waals surface area contributed by atoms with Gasteiger partial charge >= 0.3 is 0 Å². The van der Waals surface area contributed by atoms with Crippen molar-refractivity contribution in [3.8, 4) is 18.1 Å². The van der Waals surface area contributed by atoms with E-state index in [9.17, 15) is 4.79 Å². The van der Waals surface area contributed by atoms with Gasteiger partial charge < -0.3 is 10.1 Å². The van der Waals surface area contributed by atoms with Crippen LogP contribution in [-0.4, -0.2) is 19.1 Å². The molecule has 1 N–H and O–H groups in total. The number of rotatable bonds is 4. The van der Waals surface area contributed by atoms with E-state index in [1.165, 1.54) is 0 Å². The van der Waals surface area contributed by atoms with Crippen LogP contribution in [0.1, 0.15) is 0 Å². The van der Waals surface area contributed by atoms with Gasteiger partial charge in [0.05, 0.1) is 13.7 Å².